The van der Waals surface area contributed by atoms with Crippen LogP contribution in [0.3, 0.4) is 0 Å². The van der Waals surface area contributed by atoms with Gasteiger partial charge in [0.25, 0.3) is 12.3 Å². The van der Waals surface area contributed by atoms with E-state index in [9.17, 15) is 36.6 Å². The van der Waals surface area contributed by atoms with E-state index in [1.54, 1.807) is 19.9 Å². The first-order valence-electron chi connectivity index (χ1n) is 13.0. The monoisotopic (exact) mass is 674 g/mol. The second-order valence-electron chi connectivity index (χ2n) is 10.3. The smallest absolute Gasteiger partial charge is 0.416 e. The summed E-state index contributed by atoms with van der Waals surface area (Å²) in [6.07, 6.45) is -7.48. The van der Waals surface area contributed by atoms with Gasteiger partial charge in [-0.2, -0.15) is 23.1 Å². The SMILES string of the molecule is CC(C)(CO)C(=O)NCc1ccc(Cl)c(Nc2nc3nc(OCC(F)F)c(C(=O)Nc4ccc(C(F)(F)F)cc4)cc3[nH]2)c1Cl. The van der Waals surface area contributed by atoms with Gasteiger partial charge < -0.3 is 30.8 Å². The second kappa shape index (κ2) is 13.4. The summed E-state index contributed by atoms with van der Waals surface area (Å²) in [6.45, 7) is 1.69. The Hall–Kier alpha value is -4.21. The molecule has 0 bridgehead atoms. The molecule has 240 valence electrons. The number of H-pyrrole nitrogens is 1. The number of anilines is 3. The average molecular weight is 675 g/mol. The number of alkyl halides is 5. The number of halogens is 7. The molecule has 0 aliphatic carbocycles. The number of carbonyl (C=O) groups excluding carboxylic acids is 2. The molecule has 0 aliphatic rings. The van der Waals surface area contributed by atoms with Gasteiger partial charge in [-0.15, -0.1) is 0 Å². The Balaban J connectivity index is 1.61. The van der Waals surface area contributed by atoms with Crippen molar-refractivity contribution in [1.29, 1.82) is 0 Å². The molecule has 2 amide bonds. The number of amides is 2. The molecule has 0 atom stereocenters. The number of hydrogen-bond donors (Lipinski definition) is 5. The number of nitrogens with one attached hydrogen (secondary N) is 4. The molecular weight excluding hydrogens is 650 g/mol. The van der Waals surface area contributed by atoms with Crippen LogP contribution in [-0.4, -0.2) is 51.5 Å². The zero-order valence-corrected chi connectivity index (χ0v) is 25.0. The zero-order valence-electron chi connectivity index (χ0n) is 23.5. The summed E-state index contributed by atoms with van der Waals surface area (Å²) in [5, 5.41) is 17.7. The summed E-state index contributed by atoms with van der Waals surface area (Å²) in [6, 6.07) is 7.95. The number of aromatic amines is 1. The number of benzene rings is 2. The van der Waals surface area contributed by atoms with Gasteiger partial charge in [-0.1, -0.05) is 29.3 Å². The van der Waals surface area contributed by atoms with Crippen LogP contribution in [0, 0.1) is 5.41 Å². The largest absolute Gasteiger partial charge is 0.471 e. The minimum atomic E-state index is -4.58. The standard InChI is InChI=1S/C28H25Cl2F5N6O4/c1-27(2,12-42)25(44)36-10-13-3-8-17(29)21(20(13)30)39-26-38-18-9-16(24(40-22(18)41-26)45-11-19(31)32)23(43)37-15-6-4-14(5-7-15)28(33,34)35/h3-9,19,42H,10-12H2,1-2H3,(H,36,44)(H,37,43)(H2,38,39,40,41). The van der Waals surface area contributed by atoms with Crippen molar-refractivity contribution in [3.8, 4) is 5.88 Å². The first-order valence-corrected chi connectivity index (χ1v) is 13.8. The first-order chi connectivity index (χ1) is 21.1. The maximum Gasteiger partial charge on any atom is 0.416 e. The number of rotatable bonds is 11. The van der Waals surface area contributed by atoms with Crippen molar-refractivity contribution in [1.82, 2.24) is 20.3 Å². The molecule has 4 rings (SSSR count). The summed E-state index contributed by atoms with van der Waals surface area (Å²) in [5.74, 6) is -1.77. The highest BCUT2D eigenvalue weighted by Crippen LogP contribution is 2.36. The van der Waals surface area contributed by atoms with Crippen LogP contribution in [0.1, 0.15) is 35.3 Å². The van der Waals surface area contributed by atoms with Gasteiger partial charge in [0.15, 0.2) is 12.3 Å². The number of aromatic nitrogens is 3. The molecule has 2 heterocycles. The molecule has 0 radical (unpaired) electrons. The van der Waals surface area contributed by atoms with Gasteiger partial charge in [0.05, 0.1) is 38.8 Å². The van der Waals surface area contributed by atoms with Gasteiger partial charge in [-0.3, -0.25) is 9.59 Å². The summed E-state index contributed by atoms with van der Waals surface area (Å²) >= 11 is 12.9. The van der Waals surface area contributed by atoms with Gasteiger partial charge >= 0.3 is 6.18 Å². The van der Waals surface area contributed by atoms with Crippen LogP contribution >= 0.6 is 23.2 Å². The fourth-order valence-electron chi connectivity index (χ4n) is 3.79. The third kappa shape index (κ3) is 8.09. The predicted molar refractivity (Wildman–Crippen MR) is 157 cm³/mol. The Bertz CT molecular complexity index is 1710. The predicted octanol–water partition coefficient (Wildman–Crippen LogP) is 6.56. The number of carbonyl (C=O) groups is 2. The molecule has 4 aromatic rings. The highest BCUT2D eigenvalue weighted by Gasteiger charge is 2.30. The summed E-state index contributed by atoms with van der Waals surface area (Å²) in [5.41, 5.74) is -1.48. The zero-order chi connectivity index (χ0) is 33.1. The van der Waals surface area contributed by atoms with Crippen molar-refractivity contribution < 1.29 is 41.4 Å². The lowest BCUT2D eigenvalue weighted by molar-refractivity contribution is -0.137. The summed E-state index contributed by atoms with van der Waals surface area (Å²) in [7, 11) is 0. The normalized spacial score (nSPS) is 12.0. The minimum absolute atomic E-state index is 0.000141. The minimum Gasteiger partial charge on any atom is -0.471 e. The molecule has 0 fully saturated rings. The lowest BCUT2D eigenvalue weighted by Gasteiger charge is -2.21. The van der Waals surface area contributed by atoms with Gasteiger partial charge in [-0.25, -0.2) is 8.78 Å². The third-order valence-electron chi connectivity index (χ3n) is 6.36. The molecule has 10 nitrogen and oxygen atoms in total. The molecule has 2 aromatic heterocycles. The number of pyridine rings is 1. The number of aliphatic hydroxyl groups is 1. The number of ether oxygens (including phenoxy) is 1. The van der Waals surface area contributed by atoms with Crippen molar-refractivity contribution in [2.24, 2.45) is 5.41 Å². The molecule has 0 unspecified atom stereocenters. The van der Waals surface area contributed by atoms with Crippen LogP contribution in [0.15, 0.2) is 42.5 Å². The van der Waals surface area contributed by atoms with Gasteiger partial charge in [0.1, 0.15) is 5.56 Å². The lowest BCUT2D eigenvalue weighted by Crippen LogP contribution is -2.38. The van der Waals surface area contributed by atoms with Gasteiger partial charge in [0, 0.05) is 12.2 Å². The van der Waals surface area contributed by atoms with Gasteiger partial charge in [0.2, 0.25) is 17.7 Å². The van der Waals surface area contributed by atoms with Crippen molar-refractivity contribution in [3.63, 3.8) is 0 Å². The maximum absolute atomic E-state index is 13.1. The molecule has 0 spiro atoms. The number of hydrogen-bond acceptors (Lipinski definition) is 7. The summed E-state index contributed by atoms with van der Waals surface area (Å²) in [4.78, 5) is 36.6. The number of fused-ring (bicyclic) bond motifs is 1. The molecule has 5 N–H and O–H groups in total. The second-order valence-corrected chi connectivity index (χ2v) is 11.1. The maximum atomic E-state index is 13.1. The Morgan fingerprint density at radius 3 is 2.38 bits per heavy atom. The molecule has 45 heavy (non-hydrogen) atoms. The molecule has 2 aromatic carbocycles. The van der Waals surface area contributed by atoms with E-state index in [4.69, 9.17) is 27.9 Å². The van der Waals surface area contributed by atoms with Crippen LogP contribution in [0.2, 0.25) is 10.0 Å². The third-order valence-corrected chi connectivity index (χ3v) is 7.11. The number of aliphatic hydroxyl groups excluding tert-OH is 1. The van der Waals surface area contributed by atoms with Crippen molar-refractivity contribution in [3.05, 3.63) is 69.2 Å². The van der Waals surface area contributed by atoms with Crippen molar-refractivity contribution >= 4 is 63.5 Å². The van der Waals surface area contributed by atoms with E-state index in [0.717, 1.165) is 24.3 Å². The number of nitrogens with zero attached hydrogens (tertiary/aromatic N) is 2. The molecule has 0 saturated heterocycles. The Kier molecular flexibility index (Phi) is 10.0. The highest BCUT2D eigenvalue weighted by atomic mass is 35.5. The first kappa shape index (κ1) is 33.7. The van der Waals surface area contributed by atoms with E-state index < -0.39 is 47.9 Å². The lowest BCUT2D eigenvalue weighted by atomic mass is 9.94. The highest BCUT2D eigenvalue weighted by molar-refractivity contribution is 6.39. The quantitative estimate of drug-likeness (QED) is 0.114. The molecule has 17 heteroatoms. The fraction of sp³-hybridized carbons (Fsp3) is 0.286. The summed E-state index contributed by atoms with van der Waals surface area (Å²) < 4.78 is 69.6. The van der Waals surface area contributed by atoms with E-state index in [1.165, 1.54) is 12.1 Å². The van der Waals surface area contributed by atoms with E-state index in [1.807, 2.05) is 0 Å². The Morgan fingerprint density at radius 2 is 1.76 bits per heavy atom. The van der Waals surface area contributed by atoms with Crippen molar-refractivity contribution in [2.75, 3.05) is 23.8 Å². The van der Waals surface area contributed by atoms with Gasteiger partial charge in [-0.05, 0) is 55.8 Å². The average Bonchev–Trinajstić information content (AvgIpc) is 3.38. The van der Waals surface area contributed by atoms with E-state index in [2.05, 4.69) is 30.9 Å². The van der Waals surface area contributed by atoms with E-state index in [0.29, 0.717) is 5.56 Å². The fourth-order valence-corrected chi connectivity index (χ4v) is 4.32. The molecule has 0 saturated carbocycles. The van der Waals surface area contributed by atoms with E-state index >= 15 is 0 Å². The van der Waals surface area contributed by atoms with E-state index in [-0.39, 0.29) is 57.2 Å². The topological polar surface area (TPSA) is 141 Å². The Morgan fingerprint density at radius 1 is 1.07 bits per heavy atom. The van der Waals surface area contributed by atoms with Crippen LogP contribution < -0.4 is 20.7 Å². The molecule has 0 aliphatic heterocycles. The number of imidazole rings is 1. The Labute approximate surface area is 262 Å². The van der Waals surface area contributed by atoms with Crippen molar-refractivity contribution in [2.45, 2.75) is 33.0 Å². The van der Waals surface area contributed by atoms with Crippen LogP contribution in [0.25, 0.3) is 11.2 Å². The molecular formula is C28H25Cl2F5N6O4. The van der Waals surface area contributed by atoms with Crippen LogP contribution in [-0.2, 0) is 17.5 Å². The van der Waals surface area contributed by atoms with Crippen LogP contribution in [0.5, 0.6) is 5.88 Å². The van der Waals surface area contributed by atoms with Crippen LogP contribution in [0.4, 0.5) is 39.3 Å².